The summed E-state index contributed by atoms with van der Waals surface area (Å²) in [6.45, 7) is 0. The van der Waals surface area contributed by atoms with Gasteiger partial charge in [-0.25, -0.2) is 0 Å². The first-order valence-electron chi connectivity index (χ1n) is 20.8. The van der Waals surface area contributed by atoms with Crippen molar-refractivity contribution < 1.29 is 8.83 Å². The van der Waals surface area contributed by atoms with Crippen molar-refractivity contribution in [3.63, 3.8) is 0 Å². The number of fused-ring (bicyclic) bond motifs is 13. The molecule has 13 aromatic rings. The predicted octanol–water partition coefficient (Wildman–Crippen LogP) is 16.9. The molecule has 0 N–H and O–H groups in total. The van der Waals surface area contributed by atoms with E-state index in [0.717, 1.165) is 82.8 Å². The van der Waals surface area contributed by atoms with E-state index < -0.39 is 0 Å². The first-order chi connectivity index (χ1) is 30.2. The summed E-state index contributed by atoms with van der Waals surface area (Å²) >= 11 is 0. The number of nitrogens with zero attached hydrogens (tertiary/aromatic N) is 1. The number of rotatable bonds is 5. The lowest BCUT2D eigenvalue weighted by Crippen LogP contribution is -2.10. The molecule has 0 saturated heterocycles. The average Bonchev–Trinajstić information content (AvgIpc) is 3.90. The van der Waals surface area contributed by atoms with Gasteiger partial charge in [0.25, 0.3) is 0 Å². The molecule has 2 heterocycles. The smallest absolute Gasteiger partial charge is 0.144 e. The molecule has 3 nitrogen and oxygen atoms in total. The number of para-hydroxylation sites is 2. The highest BCUT2D eigenvalue weighted by atomic mass is 16.3. The molecule has 2 aromatic heterocycles. The summed E-state index contributed by atoms with van der Waals surface area (Å²) in [5.41, 5.74) is 11.0. The Morgan fingerprint density at radius 3 is 1.56 bits per heavy atom. The Morgan fingerprint density at radius 2 is 0.803 bits per heavy atom. The Balaban J connectivity index is 1.06. The summed E-state index contributed by atoms with van der Waals surface area (Å²) in [5.74, 6) is 0. The monoisotopic (exact) mass is 777 g/mol. The van der Waals surface area contributed by atoms with Gasteiger partial charge in [-0.3, -0.25) is 0 Å². The van der Waals surface area contributed by atoms with Crippen LogP contribution in [0.5, 0.6) is 0 Å². The van der Waals surface area contributed by atoms with Gasteiger partial charge < -0.3 is 13.7 Å². The van der Waals surface area contributed by atoms with Crippen LogP contribution in [0.25, 0.3) is 109 Å². The number of benzene rings is 11. The molecule has 0 aliphatic rings. The largest absolute Gasteiger partial charge is 0.455 e. The number of hydrogen-bond acceptors (Lipinski definition) is 3. The van der Waals surface area contributed by atoms with Crippen molar-refractivity contribution >= 4 is 104 Å². The van der Waals surface area contributed by atoms with E-state index >= 15 is 0 Å². The van der Waals surface area contributed by atoms with Crippen LogP contribution in [0.2, 0.25) is 0 Å². The lowest BCUT2D eigenvalue weighted by atomic mass is 9.93. The van der Waals surface area contributed by atoms with Gasteiger partial charge in [0.05, 0.1) is 0 Å². The molecule has 3 heteroatoms. The fraction of sp³-hybridized carbons (Fsp3) is 0. The highest BCUT2D eigenvalue weighted by molar-refractivity contribution is 6.26. The number of anilines is 3. The third-order valence-electron chi connectivity index (χ3n) is 12.6. The van der Waals surface area contributed by atoms with E-state index in [1.54, 1.807) is 0 Å². The zero-order valence-electron chi connectivity index (χ0n) is 33.0. The third kappa shape index (κ3) is 5.17. The Bertz CT molecular complexity index is 3840. The second-order valence-corrected chi connectivity index (χ2v) is 16.0. The first-order valence-corrected chi connectivity index (χ1v) is 20.8. The molecule has 0 bridgehead atoms. The quantitative estimate of drug-likeness (QED) is 0.163. The van der Waals surface area contributed by atoms with E-state index in [-0.39, 0.29) is 0 Å². The molecule has 0 radical (unpaired) electrons. The second kappa shape index (κ2) is 13.2. The van der Waals surface area contributed by atoms with Gasteiger partial charge in [0.15, 0.2) is 0 Å². The van der Waals surface area contributed by atoms with Crippen molar-refractivity contribution in [2.75, 3.05) is 4.90 Å². The van der Waals surface area contributed by atoms with Crippen molar-refractivity contribution in [3.05, 3.63) is 212 Å². The molecule has 0 saturated carbocycles. The van der Waals surface area contributed by atoms with Crippen LogP contribution in [-0.2, 0) is 0 Å². The zero-order chi connectivity index (χ0) is 40.0. The summed E-state index contributed by atoms with van der Waals surface area (Å²) in [4.78, 5) is 2.38. The minimum Gasteiger partial charge on any atom is -0.455 e. The van der Waals surface area contributed by atoms with Crippen LogP contribution < -0.4 is 4.90 Å². The maximum Gasteiger partial charge on any atom is 0.144 e. The minimum absolute atomic E-state index is 0.836. The Labute approximate surface area is 350 Å². The average molecular weight is 778 g/mol. The summed E-state index contributed by atoms with van der Waals surface area (Å²) in [5, 5.41) is 14.1. The first kappa shape index (κ1) is 33.8. The van der Waals surface area contributed by atoms with Crippen LogP contribution in [0.3, 0.4) is 0 Å². The van der Waals surface area contributed by atoms with Gasteiger partial charge in [0.1, 0.15) is 22.3 Å². The minimum atomic E-state index is 0.836. The van der Waals surface area contributed by atoms with Crippen molar-refractivity contribution in [1.29, 1.82) is 0 Å². The molecule has 0 amide bonds. The van der Waals surface area contributed by atoms with Gasteiger partial charge in [0.2, 0.25) is 0 Å². The van der Waals surface area contributed by atoms with E-state index in [4.69, 9.17) is 8.83 Å². The van der Waals surface area contributed by atoms with E-state index in [2.05, 4.69) is 205 Å². The molecule has 0 aliphatic carbocycles. The Hall–Kier alpha value is -8.14. The van der Waals surface area contributed by atoms with E-state index in [1.807, 2.05) is 12.1 Å². The van der Waals surface area contributed by atoms with Gasteiger partial charge in [-0.05, 0) is 109 Å². The maximum atomic E-state index is 6.97. The van der Waals surface area contributed by atoms with Crippen molar-refractivity contribution in [2.24, 2.45) is 0 Å². The van der Waals surface area contributed by atoms with Gasteiger partial charge in [-0.1, -0.05) is 158 Å². The molecule has 0 spiro atoms. The predicted molar refractivity (Wildman–Crippen MR) is 257 cm³/mol. The summed E-state index contributed by atoms with van der Waals surface area (Å²) < 4.78 is 13.6. The van der Waals surface area contributed by atoms with Crippen molar-refractivity contribution in [2.45, 2.75) is 0 Å². The topological polar surface area (TPSA) is 29.5 Å². The molecule has 61 heavy (non-hydrogen) atoms. The van der Waals surface area contributed by atoms with E-state index in [9.17, 15) is 0 Å². The molecule has 284 valence electrons. The fourth-order valence-electron chi connectivity index (χ4n) is 9.83. The van der Waals surface area contributed by atoms with Crippen LogP contribution in [0, 0.1) is 0 Å². The van der Waals surface area contributed by atoms with Gasteiger partial charge in [-0.2, -0.15) is 0 Å². The summed E-state index contributed by atoms with van der Waals surface area (Å²) in [7, 11) is 0. The lowest BCUT2D eigenvalue weighted by Gasteiger charge is -2.26. The fourth-order valence-corrected chi connectivity index (χ4v) is 9.83. The van der Waals surface area contributed by atoms with Crippen molar-refractivity contribution in [3.8, 4) is 22.3 Å². The summed E-state index contributed by atoms with van der Waals surface area (Å²) in [6, 6.07) is 76.2. The highest BCUT2D eigenvalue weighted by Gasteiger charge is 2.22. The van der Waals surface area contributed by atoms with Crippen LogP contribution in [0.15, 0.2) is 221 Å². The van der Waals surface area contributed by atoms with Crippen LogP contribution >= 0.6 is 0 Å². The van der Waals surface area contributed by atoms with Crippen LogP contribution in [-0.4, -0.2) is 0 Å². The number of hydrogen-bond donors (Lipinski definition) is 0. The molecule has 0 fully saturated rings. The normalized spacial score (nSPS) is 11.9. The Morgan fingerprint density at radius 1 is 0.279 bits per heavy atom. The molecular weight excluding hydrogens is 743 g/mol. The van der Waals surface area contributed by atoms with Crippen molar-refractivity contribution in [1.82, 2.24) is 0 Å². The molecule has 13 rings (SSSR count). The van der Waals surface area contributed by atoms with Gasteiger partial charge >= 0.3 is 0 Å². The lowest BCUT2D eigenvalue weighted by molar-refractivity contribution is 0.665. The zero-order valence-corrected chi connectivity index (χ0v) is 33.0. The SMILES string of the molecule is c1ccc(-c2ccc(N(c3ccc4oc5c(-c6cccc7c6oc6ccccc67)c6ccccc6cc5c4c3)c3ccc4c5ccccc5c5ccccc5c4c3)cc2)cc1. The molecule has 0 aliphatic heterocycles. The molecular formula is C58H35NO2. The standard InChI is InChI=1S/C58H35NO2/c1-2-13-36(14-3-1)37-25-27-39(28-26-37)59(40-29-31-47-45-19-7-6-17-43(45)44-18-8-9-20-46(44)51(47)34-40)41-30-32-55-52(35-41)53-33-38-15-4-5-16-42(38)56(58(53)61-55)50-23-12-22-49-48-21-10-11-24-54(48)60-57(49)50/h1-35H. The maximum absolute atomic E-state index is 6.97. The molecule has 0 unspecified atom stereocenters. The third-order valence-corrected chi connectivity index (χ3v) is 12.6. The van der Waals surface area contributed by atoms with Gasteiger partial charge in [-0.15, -0.1) is 0 Å². The number of furan rings is 2. The summed E-state index contributed by atoms with van der Waals surface area (Å²) in [6.07, 6.45) is 0. The van der Waals surface area contributed by atoms with Crippen LogP contribution in [0.4, 0.5) is 17.1 Å². The molecule has 0 atom stereocenters. The van der Waals surface area contributed by atoms with E-state index in [0.29, 0.717) is 0 Å². The highest BCUT2D eigenvalue weighted by Crippen LogP contribution is 2.47. The van der Waals surface area contributed by atoms with Gasteiger partial charge in [0, 0.05) is 49.7 Å². The second-order valence-electron chi connectivity index (χ2n) is 16.0. The van der Waals surface area contributed by atoms with E-state index in [1.165, 1.54) is 43.4 Å². The van der Waals surface area contributed by atoms with Crippen LogP contribution in [0.1, 0.15) is 0 Å². The Kier molecular flexibility index (Phi) is 7.31. The molecule has 11 aromatic carbocycles.